The van der Waals surface area contributed by atoms with Gasteiger partial charge in [0, 0.05) is 6.54 Å². The summed E-state index contributed by atoms with van der Waals surface area (Å²) in [5.41, 5.74) is 0.539. The number of hydrogen-bond donors (Lipinski definition) is 1. The summed E-state index contributed by atoms with van der Waals surface area (Å²) in [5, 5.41) is 13.6. The van der Waals surface area contributed by atoms with E-state index in [1.54, 1.807) is 12.1 Å². The summed E-state index contributed by atoms with van der Waals surface area (Å²) in [7, 11) is 0. The summed E-state index contributed by atoms with van der Waals surface area (Å²) >= 11 is 17.9. The Morgan fingerprint density at radius 1 is 1.11 bits per heavy atom. The predicted octanol–water partition coefficient (Wildman–Crippen LogP) is 5.78. The molecule has 104 valence electrons. The number of anilines is 1. The van der Waals surface area contributed by atoms with Crippen molar-refractivity contribution in [2.45, 2.75) is 33.1 Å². The molecule has 0 aliphatic rings. The third-order valence-corrected chi connectivity index (χ3v) is 3.89. The van der Waals surface area contributed by atoms with Crippen LogP contribution in [0.25, 0.3) is 0 Å². The minimum Gasteiger partial charge on any atom is -0.384 e. The molecule has 1 N–H and O–H groups in total. The smallest absolute Gasteiger partial charge is 0.0683 e. The number of rotatable bonds is 6. The summed E-state index contributed by atoms with van der Waals surface area (Å²) in [5.74, 6) is 0. The fourth-order valence-corrected chi connectivity index (χ4v) is 2.24. The molecule has 0 atom stereocenters. The molecule has 2 nitrogen and oxygen atoms in total. The van der Waals surface area contributed by atoms with Crippen molar-refractivity contribution in [3.8, 4) is 6.07 Å². The van der Waals surface area contributed by atoms with Gasteiger partial charge in [0.2, 0.25) is 0 Å². The van der Waals surface area contributed by atoms with Crippen LogP contribution in [0.15, 0.2) is 12.1 Å². The first kappa shape index (κ1) is 16.4. The zero-order chi connectivity index (χ0) is 14.5. The summed E-state index contributed by atoms with van der Waals surface area (Å²) in [6.45, 7) is 4.70. The maximum Gasteiger partial charge on any atom is 0.0683 e. The molecular formula is C14H17Cl3N2. The first-order valence-corrected chi connectivity index (χ1v) is 7.29. The molecule has 1 aromatic carbocycles. The molecule has 0 spiro atoms. The summed E-state index contributed by atoms with van der Waals surface area (Å²) in [6.07, 6.45) is 2.86. The van der Waals surface area contributed by atoms with Crippen LogP contribution in [0.2, 0.25) is 15.1 Å². The molecule has 0 saturated carbocycles. The van der Waals surface area contributed by atoms with Crippen molar-refractivity contribution < 1.29 is 0 Å². The lowest BCUT2D eigenvalue weighted by Crippen LogP contribution is -2.09. The van der Waals surface area contributed by atoms with Gasteiger partial charge in [0.1, 0.15) is 0 Å². The monoisotopic (exact) mass is 318 g/mol. The second-order valence-electron chi connectivity index (χ2n) is 5.13. The lowest BCUT2D eigenvalue weighted by Gasteiger charge is -2.15. The topological polar surface area (TPSA) is 35.8 Å². The van der Waals surface area contributed by atoms with E-state index in [-0.39, 0.29) is 5.41 Å². The Kier molecular flexibility index (Phi) is 6.26. The van der Waals surface area contributed by atoms with Gasteiger partial charge in [-0.3, -0.25) is 0 Å². The third-order valence-electron chi connectivity index (χ3n) is 2.86. The normalized spacial score (nSPS) is 11.2. The largest absolute Gasteiger partial charge is 0.384 e. The van der Waals surface area contributed by atoms with E-state index in [4.69, 9.17) is 40.1 Å². The highest BCUT2D eigenvalue weighted by Gasteiger charge is 2.15. The fraction of sp³-hybridized carbons (Fsp3) is 0.500. The van der Waals surface area contributed by atoms with E-state index in [9.17, 15) is 0 Å². The Bertz CT molecular complexity index is 478. The Morgan fingerprint density at radius 3 is 2.37 bits per heavy atom. The molecule has 5 heteroatoms. The lowest BCUT2D eigenvalue weighted by atomic mass is 9.89. The molecular weight excluding hydrogens is 303 g/mol. The third kappa shape index (κ3) is 5.48. The zero-order valence-corrected chi connectivity index (χ0v) is 13.3. The van der Waals surface area contributed by atoms with Crippen molar-refractivity contribution >= 4 is 40.5 Å². The average molecular weight is 320 g/mol. The fourth-order valence-electron chi connectivity index (χ4n) is 1.63. The van der Waals surface area contributed by atoms with Crippen molar-refractivity contribution in [2.24, 2.45) is 5.41 Å². The van der Waals surface area contributed by atoms with E-state index in [2.05, 4.69) is 11.4 Å². The van der Waals surface area contributed by atoms with E-state index in [1.807, 2.05) is 13.8 Å². The minimum atomic E-state index is -0.249. The Balaban J connectivity index is 2.39. The molecule has 0 aromatic heterocycles. The van der Waals surface area contributed by atoms with E-state index >= 15 is 0 Å². The van der Waals surface area contributed by atoms with Gasteiger partial charge in [-0.25, -0.2) is 0 Å². The van der Waals surface area contributed by atoms with E-state index in [0.717, 1.165) is 31.5 Å². The van der Waals surface area contributed by atoms with Gasteiger partial charge in [0.05, 0.1) is 32.2 Å². The molecule has 0 saturated heterocycles. The second kappa shape index (κ2) is 7.24. The predicted molar refractivity (Wildman–Crippen MR) is 83.2 cm³/mol. The van der Waals surface area contributed by atoms with Crippen LogP contribution in [-0.2, 0) is 0 Å². The van der Waals surface area contributed by atoms with Crippen molar-refractivity contribution in [1.29, 1.82) is 5.26 Å². The van der Waals surface area contributed by atoms with Crippen molar-refractivity contribution in [1.82, 2.24) is 0 Å². The van der Waals surface area contributed by atoms with Crippen LogP contribution in [0.4, 0.5) is 5.69 Å². The molecule has 0 unspecified atom stereocenters. The lowest BCUT2D eigenvalue weighted by molar-refractivity contribution is 0.430. The number of nitrogens with one attached hydrogen (secondary N) is 1. The van der Waals surface area contributed by atoms with Gasteiger partial charge in [-0.15, -0.1) is 0 Å². The van der Waals surface area contributed by atoms with Gasteiger partial charge in [-0.1, -0.05) is 41.2 Å². The van der Waals surface area contributed by atoms with Crippen molar-refractivity contribution in [3.05, 3.63) is 27.2 Å². The molecule has 1 aromatic rings. The molecule has 0 aliphatic heterocycles. The SMILES string of the molecule is CC(C)(C#N)CCCCNc1cc(Cl)c(Cl)cc1Cl. The number of halogens is 3. The summed E-state index contributed by atoms with van der Waals surface area (Å²) in [6, 6.07) is 5.66. The van der Waals surface area contributed by atoms with Crippen LogP contribution in [0.3, 0.4) is 0 Å². The summed E-state index contributed by atoms with van der Waals surface area (Å²) in [4.78, 5) is 0. The Hall–Kier alpha value is -0.620. The second-order valence-corrected chi connectivity index (χ2v) is 6.35. The van der Waals surface area contributed by atoms with Gasteiger partial charge in [-0.2, -0.15) is 5.26 Å². The van der Waals surface area contributed by atoms with Crippen LogP contribution in [0.5, 0.6) is 0 Å². The van der Waals surface area contributed by atoms with E-state index in [1.165, 1.54) is 0 Å². The first-order valence-electron chi connectivity index (χ1n) is 6.15. The minimum absolute atomic E-state index is 0.249. The van der Waals surface area contributed by atoms with Crippen LogP contribution in [0.1, 0.15) is 33.1 Å². The number of nitriles is 1. The van der Waals surface area contributed by atoms with Crippen LogP contribution in [0, 0.1) is 16.7 Å². The van der Waals surface area contributed by atoms with Crippen molar-refractivity contribution in [3.63, 3.8) is 0 Å². The molecule has 0 fully saturated rings. The van der Waals surface area contributed by atoms with Gasteiger partial charge in [0.15, 0.2) is 0 Å². The molecule has 0 bridgehead atoms. The molecule has 0 radical (unpaired) electrons. The number of hydrogen-bond acceptors (Lipinski definition) is 2. The zero-order valence-electron chi connectivity index (χ0n) is 11.1. The quantitative estimate of drug-likeness (QED) is 0.533. The highest BCUT2D eigenvalue weighted by Crippen LogP contribution is 2.32. The van der Waals surface area contributed by atoms with Gasteiger partial charge in [0.25, 0.3) is 0 Å². The van der Waals surface area contributed by atoms with Gasteiger partial charge >= 0.3 is 0 Å². The standard InChI is InChI=1S/C14H17Cl3N2/c1-14(2,9-18)5-3-4-6-19-13-8-11(16)10(15)7-12(13)17/h7-8,19H,3-6H2,1-2H3. The molecule has 0 heterocycles. The van der Waals surface area contributed by atoms with Crippen LogP contribution >= 0.6 is 34.8 Å². The maximum absolute atomic E-state index is 8.91. The van der Waals surface area contributed by atoms with Crippen LogP contribution < -0.4 is 5.32 Å². The van der Waals surface area contributed by atoms with E-state index in [0.29, 0.717) is 15.1 Å². The molecule has 0 amide bonds. The highest BCUT2D eigenvalue weighted by molar-refractivity contribution is 6.44. The summed E-state index contributed by atoms with van der Waals surface area (Å²) < 4.78 is 0. The maximum atomic E-state index is 8.91. The molecule has 0 aliphatic carbocycles. The van der Waals surface area contributed by atoms with Crippen molar-refractivity contribution in [2.75, 3.05) is 11.9 Å². The van der Waals surface area contributed by atoms with Crippen LogP contribution in [-0.4, -0.2) is 6.54 Å². The molecule has 19 heavy (non-hydrogen) atoms. The Labute approximate surface area is 129 Å². The van der Waals surface area contributed by atoms with E-state index < -0.39 is 0 Å². The molecule has 1 rings (SSSR count). The Morgan fingerprint density at radius 2 is 1.74 bits per heavy atom. The number of nitrogens with zero attached hydrogens (tertiary/aromatic N) is 1. The van der Waals surface area contributed by atoms with Gasteiger partial charge in [-0.05, 0) is 38.8 Å². The average Bonchev–Trinajstić information content (AvgIpc) is 2.35. The number of benzene rings is 1. The van der Waals surface area contributed by atoms with Gasteiger partial charge < -0.3 is 5.32 Å². The number of unbranched alkanes of at least 4 members (excludes halogenated alkanes) is 1. The highest BCUT2D eigenvalue weighted by atomic mass is 35.5. The first-order chi connectivity index (χ1) is 8.85.